The van der Waals surface area contributed by atoms with Crippen LogP contribution in [0, 0.1) is 0 Å². The van der Waals surface area contributed by atoms with E-state index in [4.69, 9.17) is 4.74 Å². The Hall–Kier alpha value is -0.760. The second-order valence-corrected chi connectivity index (χ2v) is 8.61. The maximum atomic E-state index is 13.1. The Labute approximate surface area is 141 Å². The third-order valence-electron chi connectivity index (χ3n) is 3.41. The van der Waals surface area contributed by atoms with Gasteiger partial charge in [-0.2, -0.15) is 0 Å². The number of aliphatic hydroxyl groups is 2. The summed E-state index contributed by atoms with van der Waals surface area (Å²) in [6, 6.07) is -0.544. The molecule has 0 aliphatic heterocycles. The summed E-state index contributed by atoms with van der Waals surface area (Å²) in [7, 11) is 0.127. The molecule has 5 nitrogen and oxygen atoms in total. The minimum atomic E-state index is -1.59. The van der Waals surface area contributed by atoms with Crippen LogP contribution in [-0.4, -0.2) is 51.2 Å². The molecule has 2 unspecified atom stereocenters. The molecule has 7 heteroatoms. The fourth-order valence-corrected chi connectivity index (χ4v) is 2.53. The first-order chi connectivity index (χ1) is 10.5. The van der Waals surface area contributed by atoms with Gasteiger partial charge in [-0.05, 0) is 46.1 Å². The normalized spacial score (nSPS) is 18.3. The van der Waals surface area contributed by atoms with Crippen molar-refractivity contribution in [2.45, 2.75) is 56.9 Å². The molecular weight excluding hydrogens is 321 g/mol. The Morgan fingerprint density at radius 1 is 1.43 bits per heavy atom. The zero-order chi connectivity index (χ0) is 18.3. The molecular formula is C16H30FNO4S. The molecule has 0 aromatic rings. The summed E-state index contributed by atoms with van der Waals surface area (Å²) in [4.78, 5) is 0. The molecule has 0 rings (SSSR count). The summed E-state index contributed by atoms with van der Waals surface area (Å²) < 4.78 is 32.4. The topological polar surface area (TPSA) is 78.8 Å². The third-order valence-corrected chi connectivity index (χ3v) is 5.07. The van der Waals surface area contributed by atoms with E-state index in [9.17, 15) is 18.8 Å². The van der Waals surface area contributed by atoms with Crippen LogP contribution in [0.4, 0.5) is 4.39 Å². The van der Waals surface area contributed by atoms with Crippen molar-refractivity contribution < 1.29 is 23.5 Å². The van der Waals surface area contributed by atoms with Gasteiger partial charge in [0.25, 0.3) is 0 Å². The van der Waals surface area contributed by atoms with E-state index in [0.717, 1.165) is 0 Å². The maximum Gasteiger partial charge on any atom is 0.141 e. The smallest absolute Gasteiger partial charge is 0.141 e. The predicted molar refractivity (Wildman–Crippen MR) is 92.4 cm³/mol. The van der Waals surface area contributed by atoms with Crippen molar-refractivity contribution in [1.29, 1.82) is 0 Å². The van der Waals surface area contributed by atoms with Crippen LogP contribution in [-0.2, 0) is 15.7 Å². The van der Waals surface area contributed by atoms with Crippen LogP contribution in [0.2, 0.25) is 0 Å². The molecule has 0 saturated heterocycles. The lowest BCUT2D eigenvalue weighted by Crippen LogP contribution is -2.40. The van der Waals surface area contributed by atoms with E-state index in [1.54, 1.807) is 6.08 Å². The van der Waals surface area contributed by atoms with Gasteiger partial charge in [0.2, 0.25) is 0 Å². The van der Waals surface area contributed by atoms with Gasteiger partial charge < -0.3 is 14.9 Å². The van der Waals surface area contributed by atoms with Crippen LogP contribution in [0.3, 0.4) is 0 Å². The average Bonchev–Trinajstić information content (AvgIpc) is 2.43. The molecule has 0 spiro atoms. The van der Waals surface area contributed by atoms with Gasteiger partial charge in [0, 0.05) is 13.2 Å². The van der Waals surface area contributed by atoms with Gasteiger partial charge in [-0.3, -0.25) is 0 Å². The lowest BCUT2D eigenvalue weighted by atomic mass is 9.93. The standard InChI is InChI=1S/C16H30FNO4S/c1-12(19)16(5,20)13(11-22-6)8-7-9-14(10-17)18-23(21)15(2,3)4/h8,14,18-20H,1,7,9-11H2,2-6H3/b13-8+/t14?,16?,23-/m0/s1. The number of hydrogen-bond acceptors (Lipinski definition) is 4. The molecule has 0 fully saturated rings. The summed E-state index contributed by atoms with van der Waals surface area (Å²) in [5.41, 5.74) is -1.15. The summed E-state index contributed by atoms with van der Waals surface area (Å²) in [5, 5.41) is 19.7. The zero-order valence-electron chi connectivity index (χ0n) is 14.7. The Morgan fingerprint density at radius 3 is 2.39 bits per heavy atom. The molecule has 0 heterocycles. The van der Waals surface area contributed by atoms with Gasteiger partial charge in [0.15, 0.2) is 0 Å². The Bertz CT molecular complexity index is 444. The summed E-state index contributed by atoms with van der Waals surface area (Å²) in [6.45, 7) is 9.68. The number of nitrogens with one attached hydrogen (secondary N) is 1. The van der Waals surface area contributed by atoms with Crippen LogP contribution < -0.4 is 4.72 Å². The van der Waals surface area contributed by atoms with E-state index in [1.165, 1.54) is 14.0 Å². The van der Waals surface area contributed by atoms with Crippen molar-refractivity contribution in [3.05, 3.63) is 24.0 Å². The van der Waals surface area contributed by atoms with Crippen molar-refractivity contribution >= 4 is 11.0 Å². The largest absolute Gasteiger partial charge is 0.510 e. The number of halogens is 1. The summed E-state index contributed by atoms with van der Waals surface area (Å²) >= 11 is 0. The Balaban J connectivity index is 4.83. The van der Waals surface area contributed by atoms with Gasteiger partial charge in [0.1, 0.15) is 18.0 Å². The molecule has 23 heavy (non-hydrogen) atoms. The average molecular weight is 351 g/mol. The molecule has 0 aliphatic rings. The van der Waals surface area contributed by atoms with E-state index < -0.39 is 34.1 Å². The Kier molecular flexibility index (Phi) is 9.20. The molecule has 0 aromatic heterocycles. The van der Waals surface area contributed by atoms with Crippen molar-refractivity contribution in [3.63, 3.8) is 0 Å². The van der Waals surface area contributed by atoms with E-state index in [-0.39, 0.29) is 12.4 Å². The molecule has 0 saturated carbocycles. The fraction of sp³-hybridized carbons (Fsp3) is 0.750. The van der Waals surface area contributed by atoms with Crippen LogP contribution in [0.25, 0.3) is 0 Å². The highest BCUT2D eigenvalue weighted by Gasteiger charge is 2.29. The first-order valence-corrected chi connectivity index (χ1v) is 8.65. The monoisotopic (exact) mass is 351 g/mol. The SMILES string of the molecule is C=C(O)C(C)(O)/C(=C/CCC(CF)N[S@@](=O)C(C)(C)C)COC. The number of rotatable bonds is 10. The van der Waals surface area contributed by atoms with Crippen molar-refractivity contribution in [1.82, 2.24) is 4.72 Å². The highest BCUT2D eigenvalue weighted by molar-refractivity contribution is 7.84. The highest BCUT2D eigenvalue weighted by Crippen LogP contribution is 2.24. The number of hydrogen-bond donors (Lipinski definition) is 3. The van der Waals surface area contributed by atoms with Gasteiger partial charge in [-0.1, -0.05) is 12.7 Å². The zero-order valence-corrected chi connectivity index (χ0v) is 15.5. The van der Waals surface area contributed by atoms with Crippen LogP contribution in [0.5, 0.6) is 0 Å². The summed E-state index contributed by atoms with van der Waals surface area (Å²) in [5.74, 6) is -0.380. The van der Waals surface area contributed by atoms with Gasteiger partial charge in [-0.25, -0.2) is 13.3 Å². The predicted octanol–water partition coefficient (Wildman–Crippen LogP) is 2.55. The van der Waals surface area contributed by atoms with E-state index in [1.807, 2.05) is 20.8 Å². The second kappa shape index (κ2) is 9.52. The number of ether oxygens (including phenoxy) is 1. The molecule has 136 valence electrons. The lowest BCUT2D eigenvalue weighted by Gasteiger charge is -2.26. The third kappa shape index (κ3) is 7.56. The van der Waals surface area contributed by atoms with E-state index >= 15 is 0 Å². The molecule has 0 aliphatic carbocycles. The number of alkyl halides is 1. The minimum absolute atomic E-state index is 0.119. The number of allylic oxidation sites excluding steroid dienone is 1. The van der Waals surface area contributed by atoms with E-state index in [0.29, 0.717) is 18.4 Å². The molecule has 3 atom stereocenters. The Morgan fingerprint density at radius 2 is 2.00 bits per heavy atom. The minimum Gasteiger partial charge on any atom is -0.510 e. The summed E-state index contributed by atoms with van der Waals surface area (Å²) in [6.07, 6.45) is 2.53. The van der Waals surface area contributed by atoms with Crippen molar-refractivity contribution in [2.24, 2.45) is 0 Å². The molecule has 0 bridgehead atoms. The molecule has 0 aromatic carbocycles. The van der Waals surface area contributed by atoms with E-state index in [2.05, 4.69) is 11.3 Å². The number of aliphatic hydroxyl groups excluding tert-OH is 1. The van der Waals surface area contributed by atoms with Crippen LogP contribution in [0.1, 0.15) is 40.5 Å². The van der Waals surface area contributed by atoms with Crippen molar-refractivity contribution in [2.75, 3.05) is 20.4 Å². The highest BCUT2D eigenvalue weighted by atomic mass is 32.2. The molecule has 3 N–H and O–H groups in total. The first kappa shape index (κ1) is 22.2. The quantitative estimate of drug-likeness (QED) is 0.417. The van der Waals surface area contributed by atoms with Gasteiger partial charge >= 0.3 is 0 Å². The van der Waals surface area contributed by atoms with Crippen molar-refractivity contribution in [3.8, 4) is 0 Å². The maximum absolute atomic E-state index is 13.1. The van der Waals surface area contributed by atoms with Crippen LogP contribution >= 0.6 is 0 Å². The fourth-order valence-electron chi connectivity index (χ4n) is 1.69. The van der Waals surface area contributed by atoms with Crippen LogP contribution in [0.15, 0.2) is 24.0 Å². The number of methoxy groups -OCH3 is 1. The second-order valence-electron chi connectivity index (χ2n) is 6.61. The lowest BCUT2D eigenvalue weighted by molar-refractivity contribution is 0.0700. The molecule has 0 radical (unpaired) electrons. The molecule has 0 amide bonds. The van der Waals surface area contributed by atoms with Gasteiger partial charge in [0.05, 0.1) is 22.3 Å². The van der Waals surface area contributed by atoms with Gasteiger partial charge in [-0.15, -0.1) is 0 Å². The first-order valence-electron chi connectivity index (χ1n) is 7.50.